The number of aryl methyl sites for hydroxylation is 3. The van der Waals surface area contributed by atoms with Crippen molar-refractivity contribution in [3.05, 3.63) is 41.3 Å². The zero-order valence-electron chi connectivity index (χ0n) is 17.4. The first-order valence-corrected chi connectivity index (χ1v) is 12.1. The van der Waals surface area contributed by atoms with Gasteiger partial charge in [-0.05, 0) is 57.2 Å². The van der Waals surface area contributed by atoms with Crippen LogP contribution in [0.1, 0.15) is 62.5 Å². The maximum Gasteiger partial charge on any atom is 0.248 e. The molecule has 2 aliphatic rings. The quantitative estimate of drug-likeness (QED) is 0.666. The Morgan fingerprint density at radius 2 is 1.79 bits per heavy atom. The molecule has 1 aromatic carbocycles. The summed E-state index contributed by atoms with van der Waals surface area (Å²) >= 11 is 0. The molecule has 0 N–H and O–H groups in total. The zero-order valence-corrected chi connectivity index (χ0v) is 18.2. The molecule has 2 bridgehead atoms. The molecular weight excluding hydrogens is 388 g/mol. The Kier molecular flexibility index (Phi) is 5.71. The van der Waals surface area contributed by atoms with Gasteiger partial charge in [0.2, 0.25) is 10.0 Å². The van der Waals surface area contributed by atoms with Gasteiger partial charge in [0, 0.05) is 24.9 Å². The van der Waals surface area contributed by atoms with Crippen LogP contribution in [0.25, 0.3) is 0 Å². The van der Waals surface area contributed by atoms with Crippen molar-refractivity contribution < 1.29 is 17.7 Å². The Morgan fingerprint density at radius 1 is 1.14 bits per heavy atom. The van der Waals surface area contributed by atoms with Crippen LogP contribution in [0.3, 0.4) is 0 Å². The molecule has 29 heavy (non-hydrogen) atoms. The van der Waals surface area contributed by atoms with Gasteiger partial charge in [-0.1, -0.05) is 30.6 Å². The summed E-state index contributed by atoms with van der Waals surface area (Å²) in [6.45, 7) is 5.55. The molecule has 0 aliphatic carbocycles. The van der Waals surface area contributed by atoms with Gasteiger partial charge in [-0.15, -0.1) is 0 Å². The largest absolute Gasteiger partial charge is 0.490 e. The molecule has 158 valence electrons. The van der Waals surface area contributed by atoms with Crippen LogP contribution in [0.15, 0.2) is 33.7 Å². The van der Waals surface area contributed by atoms with E-state index in [1.54, 1.807) is 18.2 Å². The number of benzene rings is 1. The van der Waals surface area contributed by atoms with Gasteiger partial charge in [0.15, 0.2) is 5.76 Å². The Bertz CT molecular complexity index is 918. The highest BCUT2D eigenvalue weighted by Crippen LogP contribution is 2.41. The SMILES string of the molecule is CCCCc1ccc(OC2C[C@H]3CC[C@@H](C2)N3S(=O)(=O)c2c(C)noc2C)cc1. The third-order valence-electron chi connectivity index (χ3n) is 6.17. The Morgan fingerprint density at radius 3 is 2.34 bits per heavy atom. The molecule has 1 aromatic heterocycles. The lowest BCUT2D eigenvalue weighted by Gasteiger charge is -2.37. The smallest absolute Gasteiger partial charge is 0.248 e. The molecule has 0 spiro atoms. The first-order valence-electron chi connectivity index (χ1n) is 10.6. The second kappa shape index (κ2) is 8.11. The standard InChI is InChI=1S/C22H30N2O4S/c1-4-5-6-17-7-11-20(12-8-17)27-21-13-18-9-10-19(14-21)24(18)29(25,26)22-15(2)23-28-16(22)3/h7-8,11-12,18-19,21H,4-6,9-10,13-14H2,1-3H3/t18-,19+,21?. The zero-order chi connectivity index (χ0) is 20.6. The van der Waals surface area contributed by atoms with Crippen molar-refractivity contribution in [2.24, 2.45) is 0 Å². The van der Waals surface area contributed by atoms with Gasteiger partial charge < -0.3 is 9.26 Å². The Balaban J connectivity index is 1.45. The van der Waals surface area contributed by atoms with Gasteiger partial charge in [-0.3, -0.25) is 0 Å². The maximum absolute atomic E-state index is 13.3. The van der Waals surface area contributed by atoms with Crippen LogP contribution in [0, 0.1) is 13.8 Å². The third kappa shape index (κ3) is 3.94. The lowest BCUT2D eigenvalue weighted by molar-refractivity contribution is 0.0956. The molecule has 6 nitrogen and oxygen atoms in total. The van der Waals surface area contributed by atoms with E-state index in [0.717, 1.165) is 37.9 Å². The number of nitrogens with zero attached hydrogens (tertiary/aromatic N) is 2. The number of sulfonamides is 1. The number of hydrogen-bond donors (Lipinski definition) is 0. The molecule has 2 saturated heterocycles. The van der Waals surface area contributed by atoms with Gasteiger partial charge in [0.05, 0.1) is 0 Å². The average molecular weight is 419 g/mol. The summed E-state index contributed by atoms with van der Waals surface area (Å²) < 4.78 is 39.7. The Labute approximate surface area is 173 Å². The number of rotatable bonds is 7. The van der Waals surface area contributed by atoms with Crippen molar-refractivity contribution in [1.29, 1.82) is 0 Å². The molecular formula is C22H30N2O4S. The molecule has 1 unspecified atom stereocenters. The monoisotopic (exact) mass is 418 g/mol. The van der Waals surface area contributed by atoms with Crippen molar-refractivity contribution in [2.45, 2.75) is 88.8 Å². The van der Waals surface area contributed by atoms with E-state index in [-0.39, 0.29) is 23.1 Å². The molecule has 7 heteroatoms. The fraction of sp³-hybridized carbons (Fsp3) is 0.591. The number of piperidine rings is 1. The summed E-state index contributed by atoms with van der Waals surface area (Å²) in [5.41, 5.74) is 1.77. The maximum atomic E-state index is 13.3. The van der Waals surface area contributed by atoms with Crippen LogP contribution in [-0.4, -0.2) is 36.1 Å². The molecule has 4 rings (SSSR count). The first kappa shape index (κ1) is 20.4. The number of aromatic nitrogens is 1. The number of hydrogen-bond acceptors (Lipinski definition) is 5. The van der Waals surface area contributed by atoms with Gasteiger partial charge >= 0.3 is 0 Å². The van der Waals surface area contributed by atoms with Crippen LogP contribution in [0.2, 0.25) is 0 Å². The van der Waals surface area contributed by atoms with E-state index in [4.69, 9.17) is 9.26 Å². The lowest BCUT2D eigenvalue weighted by Crippen LogP contribution is -2.49. The van der Waals surface area contributed by atoms with E-state index in [1.165, 1.54) is 18.4 Å². The molecule has 2 fully saturated rings. The van der Waals surface area contributed by atoms with Crippen LogP contribution in [0.5, 0.6) is 5.75 Å². The first-order chi connectivity index (χ1) is 13.9. The van der Waals surface area contributed by atoms with Crippen LogP contribution in [0.4, 0.5) is 0 Å². The second-order valence-corrected chi connectivity index (χ2v) is 10.1. The second-order valence-electron chi connectivity index (χ2n) is 8.33. The highest BCUT2D eigenvalue weighted by atomic mass is 32.2. The molecule has 2 aromatic rings. The highest BCUT2D eigenvalue weighted by Gasteiger charge is 2.49. The van der Waals surface area contributed by atoms with Crippen LogP contribution < -0.4 is 4.74 Å². The summed E-state index contributed by atoms with van der Waals surface area (Å²) in [6, 6.07) is 8.30. The van der Waals surface area contributed by atoms with Crippen molar-refractivity contribution in [1.82, 2.24) is 9.46 Å². The van der Waals surface area contributed by atoms with E-state index in [9.17, 15) is 8.42 Å². The predicted molar refractivity (Wildman–Crippen MR) is 111 cm³/mol. The minimum Gasteiger partial charge on any atom is -0.490 e. The summed E-state index contributed by atoms with van der Waals surface area (Å²) in [6.07, 6.45) is 6.72. The van der Waals surface area contributed by atoms with Crippen LogP contribution in [-0.2, 0) is 16.4 Å². The summed E-state index contributed by atoms with van der Waals surface area (Å²) in [5.74, 6) is 1.24. The lowest BCUT2D eigenvalue weighted by atomic mass is 10.0. The molecule has 2 aliphatic heterocycles. The fourth-order valence-electron chi connectivity index (χ4n) is 4.83. The van der Waals surface area contributed by atoms with Gasteiger partial charge in [0.1, 0.15) is 22.4 Å². The van der Waals surface area contributed by atoms with Crippen molar-refractivity contribution in [3.63, 3.8) is 0 Å². The number of unbranched alkanes of at least 4 members (excludes halogenated alkanes) is 1. The molecule has 3 heterocycles. The topological polar surface area (TPSA) is 72.6 Å². The number of fused-ring (bicyclic) bond motifs is 2. The van der Waals surface area contributed by atoms with Crippen molar-refractivity contribution in [3.8, 4) is 5.75 Å². The minimum atomic E-state index is -3.61. The molecule has 0 saturated carbocycles. The molecule has 0 radical (unpaired) electrons. The van der Waals surface area contributed by atoms with E-state index < -0.39 is 10.0 Å². The molecule has 0 amide bonds. The van der Waals surface area contributed by atoms with Gasteiger partial charge in [-0.25, -0.2) is 8.42 Å². The van der Waals surface area contributed by atoms with E-state index in [2.05, 4.69) is 24.2 Å². The highest BCUT2D eigenvalue weighted by molar-refractivity contribution is 7.89. The van der Waals surface area contributed by atoms with E-state index >= 15 is 0 Å². The summed E-state index contributed by atoms with van der Waals surface area (Å²) in [4.78, 5) is 0.233. The fourth-order valence-corrected chi connectivity index (χ4v) is 7.02. The van der Waals surface area contributed by atoms with Gasteiger partial charge in [-0.2, -0.15) is 4.31 Å². The predicted octanol–water partition coefficient (Wildman–Crippen LogP) is 4.40. The summed E-state index contributed by atoms with van der Waals surface area (Å²) in [5, 5.41) is 3.84. The third-order valence-corrected chi connectivity index (χ3v) is 8.42. The van der Waals surface area contributed by atoms with E-state index in [1.807, 2.05) is 12.1 Å². The molecule has 3 atom stereocenters. The van der Waals surface area contributed by atoms with Crippen molar-refractivity contribution >= 4 is 10.0 Å². The normalized spacial score (nSPS) is 24.7. The van der Waals surface area contributed by atoms with Crippen molar-refractivity contribution in [2.75, 3.05) is 0 Å². The van der Waals surface area contributed by atoms with E-state index in [0.29, 0.717) is 11.5 Å². The van der Waals surface area contributed by atoms with Gasteiger partial charge in [0.25, 0.3) is 0 Å². The van der Waals surface area contributed by atoms with Crippen LogP contribution >= 0.6 is 0 Å². The average Bonchev–Trinajstić information content (AvgIpc) is 3.18. The number of ether oxygens (including phenoxy) is 1. The Hall–Kier alpha value is -1.86. The summed E-state index contributed by atoms with van der Waals surface area (Å²) in [7, 11) is -3.61. The minimum absolute atomic E-state index is 0.0266.